The third-order valence-corrected chi connectivity index (χ3v) is 1.94. The van der Waals surface area contributed by atoms with Crippen LogP contribution in [0.4, 0.5) is 0 Å². The Labute approximate surface area is 93.2 Å². The number of allylic oxidation sites excluding steroid dienone is 1. The zero-order chi connectivity index (χ0) is 12.0. The molecule has 1 aromatic rings. The maximum atomic E-state index is 10.6. The van der Waals surface area contributed by atoms with Crippen LogP contribution in [0.3, 0.4) is 0 Å². The Balaban J connectivity index is 2.92. The first kappa shape index (κ1) is 12.0. The molecule has 0 aliphatic heterocycles. The number of carbonyl (C=O) groups excluding carboxylic acids is 1. The van der Waals surface area contributed by atoms with Gasteiger partial charge < -0.3 is 9.84 Å². The number of ether oxygens (including phenoxy) is 1. The van der Waals surface area contributed by atoms with E-state index in [0.717, 1.165) is 11.8 Å². The van der Waals surface area contributed by atoms with Crippen molar-refractivity contribution in [2.24, 2.45) is 0 Å². The van der Waals surface area contributed by atoms with Crippen molar-refractivity contribution in [3.05, 3.63) is 42.0 Å². The number of carboxylic acid groups (broad SMARTS) is 1. The van der Waals surface area contributed by atoms with Crippen molar-refractivity contribution in [3.63, 3.8) is 0 Å². The highest BCUT2D eigenvalue weighted by Gasteiger charge is 2.06. The summed E-state index contributed by atoms with van der Waals surface area (Å²) in [6.45, 7) is 3.19. The molecule has 0 saturated carbocycles. The summed E-state index contributed by atoms with van der Waals surface area (Å²) in [5.74, 6) is -0.572. The van der Waals surface area contributed by atoms with E-state index < -0.39 is 12.6 Å². The number of rotatable bonds is 6. The second-order valence-corrected chi connectivity index (χ2v) is 3.16. The summed E-state index contributed by atoms with van der Waals surface area (Å²) in [7, 11) is 0. The van der Waals surface area contributed by atoms with Crippen LogP contribution in [0.25, 0.3) is 0 Å². The molecule has 0 heterocycles. The zero-order valence-electron chi connectivity index (χ0n) is 8.68. The Hall–Kier alpha value is -2.10. The molecule has 0 radical (unpaired) electrons. The van der Waals surface area contributed by atoms with Crippen molar-refractivity contribution in [2.45, 2.75) is 6.42 Å². The molecule has 0 amide bonds. The minimum atomic E-state index is -1.04. The molecule has 4 heteroatoms. The summed E-state index contributed by atoms with van der Waals surface area (Å²) in [6.07, 6.45) is 2.92. The molecular weight excluding hydrogens is 208 g/mol. The molecule has 0 spiro atoms. The van der Waals surface area contributed by atoms with Crippen LogP contribution in [0.5, 0.6) is 5.75 Å². The second-order valence-electron chi connectivity index (χ2n) is 3.16. The van der Waals surface area contributed by atoms with E-state index in [0.29, 0.717) is 17.7 Å². The molecule has 1 N–H and O–H groups in total. The van der Waals surface area contributed by atoms with E-state index in [-0.39, 0.29) is 0 Å². The molecule has 0 fully saturated rings. The Kier molecular flexibility index (Phi) is 4.27. The summed E-state index contributed by atoms with van der Waals surface area (Å²) in [4.78, 5) is 20.9. The van der Waals surface area contributed by atoms with Gasteiger partial charge in [0.1, 0.15) is 12.0 Å². The summed E-state index contributed by atoms with van der Waals surface area (Å²) < 4.78 is 5.09. The predicted octanol–water partition coefficient (Wildman–Crippen LogP) is 1.69. The van der Waals surface area contributed by atoms with Crippen LogP contribution < -0.4 is 4.74 Å². The van der Waals surface area contributed by atoms with Gasteiger partial charge in [0.15, 0.2) is 6.61 Å². The highest BCUT2D eigenvalue weighted by Crippen LogP contribution is 2.20. The van der Waals surface area contributed by atoms with Gasteiger partial charge in [0, 0.05) is 5.56 Å². The zero-order valence-corrected chi connectivity index (χ0v) is 8.68. The van der Waals surface area contributed by atoms with Gasteiger partial charge in [-0.1, -0.05) is 6.08 Å². The Bertz CT molecular complexity index is 409. The van der Waals surface area contributed by atoms with E-state index >= 15 is 0 Å². The summed E-state index contributed by atoms with van der Waals surface area (Å²) in [5, 5.41) is 8.50. The third-order valence-electron chi connectivity index (χ3n) is 1.94. The molecule has 84 valence electrons. The molecule has 16 heavy (non-hydrogen) atoms. The lowest BCUT2D eigenvalue weighted by Crippen LogP contribution is -2.10. The minimum absolute atomic E-state index is 0.398. The number of carboxylic acids is 1. The SMILES string of the molecule is C=CCc1cc(C=O)ccc1OCC(=O)O. The van der Waals surface area contributed by atoms with Gasteiger partial charge in [-0.05, 0) is 30.2 Å². The number of hydrogen-bond acceptors (Lipinski definition) is 3. The van der Waals surface area contributed by atoms with Crippen molar-refractivity contribution in [3.8, 4) is 5.75 Å². The molecule has 1 aromatic carbocycles. The van der Waals surface area contributed by atoms with Gasteiger partial charge in [0.25, 0.3) is 0 Å². The molecule has 0 atom stereocenters. The summed E-state index contributed by atoms with van der Waals surface area (Å²) in [5.41, 5.74) is 1.28. The monoisotopic (exact) mass is 220 g/mol. The number of carbonyl (C=O) groups is 2. The molecule has 0 bridgehead atoms. The largest absolute Gasteiger partial charge is 0.482 e. The molecule has 4 nitrogen and oxygen atoms in total. The molecular formula is C12H12O4. The highest BCUT2D eigenvalue weighted by atomic mass is 16.5. The standard InChI is InChI=1S/C12H12O4/c1-2-3-10-6-9(7-13)4-5-11(10)16-8-12(14)15/h2,4-7H,1,3,8H2,(H,14,15). The fraction of sp³-hybridized carbons (Fsp3) is 0.167. The maximum Gasteiger partial charge on any atom is 0.341 e. The van der Waals surface area contributed by atoms with Crippen LogP contribution in [0, 0.1) is 0 Å². The van der Waals surface area contributed by atoms with Crippen molar-refractivity contribution in [1.29, 1.82) is 0 Å². The highest BCUT2D eigenvalue weighted by molar-refractivity contribution is 5.75. The van der Waals surface area contributed by atoms with E-state index in [2.05, 4.69) is 6.58 Å². The van der Waals surface area contributed by atoms with E-state index in [9.17, 15) is 9.59 Å². The summed E-state index contributed by atoms with van der Waals surface area (Å²) in [6, 6.07) is 4.83. The van der Waals surface area contributed by atoms with Gasteiger partial charge in [-0.15, -0.1) is 6.58 Å². The van der Waals surface area contributed by atoms with Crippen molar-refractivity contribution in [2.75, 3.05) is 6.61 Å². The smallest absolute Gasteiger partial charge is 0.341 e. The van der Waals surface area contributed by atoms with Gasteiger partial charge in [-0.3, -0.25) is 4.79 Å². The van der Waals surface area contributed by atoms with Crippen LogP contribution in [-0.4, -0.2) is 24.0 Å². The van der Waals surface area contributed by atoms with Crippen LogP contribution in [-0.2, 0) is 11.2 Å². The Morgan fingerprint density at radius 2 is 2.25 bits per heavy atom. The number of hydrogen-bond donors (Lipinski definition) is 1. The topological polar surface area (TPSA) is 63.6 Å². The number of benzene rings is 1. The van der Waals surface area contributed by atoms with E-state index in [1.54, 1.807) is 24.3 Å². The van der Waals surface area contributed by atoms with Crippen LogP contribution >= 0.6 is 0 Å². The first-order valence-corrected chi connectivity index (χ1v) is 4.71. The maximum absolute atomic E-state index is 10.6. The van der Waals surface area contributed by atoms with Gasteiger partial charge >= 0.3 is 5.97 Å². The normalized spacial score (nSPS) is 9.50. The van der Waals surface area contributed by atoms with E-state index in [4.69, 9.17) is 9.84 Å². The molecule has 0 aliphatic rings. The minimum Gasteiger partial charge on any atom is -0.482 e. The van der Waals surface area contributed by atoms with Crippen molar-refractivity contribution < 1.29 is 19.4 Å². The van der Waals surface area contributed by atoms with Gasteiger partial charge in [-0.2, -0.15) is 0 Å². The predicted molar refractivity (Wildman–Crippen MR) is 58.9 cm³/mol. The van der Waals surface area contributed by atoms with Crippen LogP contribution in [0.2, 0.25) is 0 Å². The summed E-state index contributed by atoms with van der Waals surface area (Å²) >= 11 is 0. The van der Waals surface area contributed by atoms with E-state index in [1.807, 2.05) is 0 Å². The molecule has 0 aliphatic carbocycles. The molecule has 1 rings (SSSR count). The Morgan fingerprint density at radius 1 is 1.50 bits per heavy atom. The van der Waals surface area contributed by atoms with Gasteiger partial charge in [0.05, 0.1) is 0 Å². The van der Waals surface area contributed by atoms with Crippen LogP contribution in [0.1, 0.15) is 15.9 Å². The van der Waals surface area contributed by atoms with E-state index in [1.165, 1.54) is 0 Å². The fourth-order valence-electron chi connectivity index (χ4n) is 1.27. The van der Waals surface area contributed by atoms with Gasteiger partial charge in [0.2, 0.25) is 0 Å². The lowest BCUT2D eigenvalue weighted by atomic mass is 10.1. The Morgan fingerprint density at radius 3 is 2.81 bits per heavy atom. The van der Waals surface area contributed by atoms with Gasteiger partial charge in [-0.25, -0.2) is 4.79 Å². The van der Waals surface area contributed by atoms with Crippen molar-refractivity contribution in [1.82, 2.24) is 0 Å². The average molecular weight is 220 g/mol. The molecule has 0 aromatic heterocycles. The number of aldehydes is 1. The first-order chi connectivity index (χ1) is 7.67. The van der Waals surface area contributed by atoms with Crippen molar-refractivity contribution >= 4 is 12.3 Å². The molecule has 0 saturated heterocycles. The lowest BCUT2D eigenvalue weighted by Gasteiger charge is -2.08. The lowest BCUT2D eigenvalue weighted by molar-refractivity contribution is -0.139. The third kappa shape index (κ3) is 3.24. The average Bonchev–Trinajstić information content (AvgIpc) is 2.27. The fourth-order valence-corrected chi connectivity index (χ4v) is 1.27. The molecule has 0 unspecified atom stereocenters. The quantitative estimate of drug-likeness (QED) is 0.585. The second kappa shape index (κ2) is 5.70. The first-order valence-electron chi connectivity index (χ1n) is 4.71. The number of aliphatic carboxylic acids is 1. The van der Waals surface area contributed by atoms with Crippen LogP contribution in [0.15, 0.2) is 30.9 Å².